The van der Waals surface area contributed by atoms with Crippen LogP contribution in [0.5, 0.6) is 5.75 Å². The van der Waals surface area contributed by atoms with Gasteiger partial charge in [0.25, 0.3) is 0 Å². The second-order valence-electron chi connectivity index (χ2n) is 7.31. The van der Waals surface area contributed by atoms with E-state index in [1.54, 1.807) is 7.11 Å². The van der Waals surface area contributed by atoms with Crippen molar-refractivity contribution in [3.05, 3.63) is 41.5 Å². The molecule has 1 fully saturated rings. The van der Waals surface area contributed by atoms with Crippen molar-refractivity contribution in [2.75, 3.05) is 20.2 Å². The lowest BCUT2D eigenvalue weighted by Gasteiger charge is -2.30. The van der Waals surface area contributed by atoms with E-state index in [0.29, 0.717) is 0 Å². The Balaban J connectivity index is 1.37. The molecule has 5 nitrogen and oxygen atoms in total. The summed E-state index contributed by atoms with van der Waals surface area (Å²) in [6.45, 7) is 5.23. The van der Waals surface area contributed by atoms with Crippen molar-refractivity contribution in [2.24, 2.45) is 5.92 Å². The van der Waals surface area contributed by atoms with E-state index in [1.165, 1.54) is 24.8 Å². The molecule has 0 amide bonds. The number of methoxy groups -OCH3 is 1. The lowest BCUT2D eigenvalue weighted by Crippen LogP contribution is -2.33. The predicted molar refractivity (Wildman–Crippen MR) is 102 cm³/mol. The highest BCUT2D eigenvalue weighted by Crippen LogP contribution is 2.24. The second kappa shape index (κ2) is 9.72. The Hall–Kier alpha value is -1.88. The molecule has 1 aliphatic rings. The number of unbranched alkanes of at least 4 members (excludes halogenated alkanes) is 1. The maximum absolute atomic E-state index is 5.40. The van der Waals surface area contributed by atoms with Crippen LogP contribution in [0.3, 0.4) is 0 Å². The number of benzene rings is 1. The highest BCUT2D eigenvalue weighted by Gasteiger charge is 2.21. The van der Waals surface area contributed by atoms with Crippen LogP contribution in [0.1, 0.15) is 56.3 Å². The minimum atomic E-state index is 0.771. The van der Waals surface area contributed by atoms with E-state index >= 15 is 0 Å². The zero-order chi connectivity index (χ0) is 18.2. The van der Waals surface area contributed by atoms with Crippen molar-refractivity contribution >= 4 is 0 Å². The number of hydrogen-bond acceptors (Lipinski definition) is 5. The standard InChI is InChI=1S/C21H31N3O2/c1-3-4-5-20-22-21(26-23-20)16-24-14-12-18(13-15-24)7-6-17-8-10-19(25-2)11-9-17/h8-11,18H,3-7,12-16H2,1-2H3. The molecule has 2 aromatic rings. The zero-order valence-electron chi connectivity index (χ0n) is 16.1. The molecule has 5 heteroatoms. The normalized spacial score (nSPS) is 16.1. The highest BCUT2D eigenvalue weighted by molar-refractivity contribution is 5.27. The molecule has 26 heavy (non-hydrogen) atoms. The molecule has 3 rings (SSSR count). The Morgan fingerprint density at radius 3 is 2.62 bits per heavy atom. The molecule has 1 saturated heterocycles. The first-order chi connectivity index (χ1) is 12.8. The first-order valence-corrected chi connectivity index (χ1v) is 9.93. The third-order valence-electron chi connectivity index (χ3n) is 5.33. The number of aromatic nitrogens is 2. The molecule has 2 heterocycles. The number of hydrogen-bond donors (Lipinski definition) is 0. The molecule has 0 unspecified atom stereocenters. The summed E-state index contributed by atoms with van der Waals surface area (Å²) in [4.78, 5) is 6.97. The minimum Gasteiger partial charge on any atom is -0.497 e. The van der Waals surface area contributed by atoms with Crippen molar-refractivity contribution in [1.82, 2.24) is 15.0 Å². The van der Waals surface area contributed by atoms with Gasteiger partial charge in [-0.1, -0.05) is 30.6 Å². The lowest BCUT2D eigenvalue weighted by molar-refractivity contribution is 0.155. The quantitative estimate of drug-likeness (QED) is 0.671. The molecule has 0 spiro atoms. The summed E-state index contributed by atoms with van der Waals surface area (Å²) in [5, 5.41) is 4.09. The summed E-state index contributed by atoms with van der Waals surface area (Å²) in [5.74, 6) is 3.38. The molecular weight excluding hydrogens is 326 g/mol. The molecule has 1 aromatic heterocycles. The fraction of sp³-hybridized carbons (Fsp3) is 0.619. The third-order valence-corrected chi connectivity index (χ3v) is 5.33. The third kappa shape index (κ3) is 5.56. The number of ether oxygens (including phenoxy) is 1. The van der Waals surface area contributed by atoms with E-state index in [1.807, 2.05) is 0 Å². The SMILES string of the molecule is CCCCc1noc(CN2CCC(CCc3ccc(OC)cc3)CC2)n1. The fourth-order valence-corrected chi connectivity index (χ4v) is 3.58. The monoisotopic (exact) mass is 357 g/mol. The second-order valence-corrected chi connectivity index (χ2v) is 7.31. The molecule has 0 aliphatic carbocycles. The smallest absolute Gasteiger partial charge is 0.240 e. The van der Waals surface area contributed by atoms with Crippen LogP contribution in [0.25, 0.3) is 0 Å². The summed E-state index contributed by atoms with van der Waals surface area (Å²) in [7, 11) is 1.71. The Bertz CT molecular complexity index is 646. The van der Waals surface area contributed by atoms with E-state index in [-0.39, 0.29) is 0 Å². The van der Waals surface area contributed by atoms with Gasteiger partial charge in [-0.15, -0.1) is 0 Å². The van der Waals surface area contributed by atoms with E-state index in [4.69, 9.17) is 9.26 Å². The average molecular weight is 357 g/mol. The molecule has 0 saturated carbocycles. The van der Waals surface area contributed by atoms with Gasteiger partial charge in [0, 0.05) is 6.42 Å². The molecule has 0 atom stereocenters. The van der Waals surface area contributed by atoms with Gasteiger partial charge in [-0.3, -0.25) is 4.90 Å². The Kier molecular flexibility index (Phi) is 7.06. The number of piperidine rings is 1. The zero-order valence-corrected chi connectivity index (χ0v) is 16.1. The molecule has 142 valence electrons. The van der Waals surface area contributed by atoms with Crippen molar-refractivity contribution in [2.45, 2.75) is 58.4 Å². The number of nitrogens with zero attached hydrogens (tertiary/aromatic N) is 3. The van der Waals surface area contributed by atoms with Crippen LogP contribution >= 0.6 is 0 Å². The van der Waals surface area contributed by atoms with Crippen molar-refractivity contribution in [3.63, 3.8) is 0 Å². The highest BCUT2D eigenvalue weighted by atomic mass is 16.5. The number of aryl methyl sites for hydroxylation is 2. The number of rotatable bonds is 9. The van der Waals surface area contributed by atoms with E-state index in [9.17, 15) is 0 Å². The molecule has 0 N–H and O–H groups in total. The van der Waals surface area contributed by atoms with Gasteiger partial charge in [-0.25, -0.2) is 0 Å². The molecular formula is C21H31N3O2. The maximum Gasteiger partial charge on any atom is 0.240 e. The van der Waals surface area contributed by atoms with Crippen LogP contribution in [0.4, 0.5) is 0 Å². The largest absolute Gasteiger partial charge is 0.497 e. The van der Waals surface area contributed by atoms with Crippen LogP contribution in [0.2, 0.25) is 0 Å². The predicted octanol–water partition coefficient (Wildman–Crippen LogP) is 4.27. The van der Waals surface area contributed by atoms with Crippen molar-refractivity contribution < 1.29 is 9.26 Å². The average Bonchev–Trinajstić information content (AvgIpc) is 3.13. The minimum absolute atomic E-state index is 0.771. The van der Waals surface area contributed by atoms with Gasteiger partial charge in [0.15, 0.2) is 5.82 Å². The van der Waals surface area contributed by atoms with Crippen LogP contribution < -0.4 is 4.74 Å². The van der Waals surface area contributed by atoms with E-state index in [2.05, 4.69) is 46.2 Å². The summed E-state index contributed by atoms with van der Waals surface area (Å²) >= 11 is 0. The van der Waals surface area contributed by atoms with Crippen LogP contribution in [0, 0.1) is 5.92 Å². The van der Waals surface area contributed by atoms with Crippen LogP contribution in [0.15, 0.2) is 28.8 Å². The van der Waals surface area contributed by atoms with Gasteiger partial charge in [-0.05, 0) is 68.8 Å². The lowest BCUT2D eigenvalue weighted by atomic mass is 9.90. The van der Waals surface area contributed by atoms with Gasteiger partial charge in [-0.2, -0.15) is 4.98 Å². The van der Waals surface area contributed by atoms with Crippen molar-refractivity contribution in [1.29, 1.82) is 0 Å². The molecule has 0 radical (unpaired) electrons. The first-order valence-electron chi connectivity index (χ1n) is 9.93. The summed E-state index contributed by atoms with van der Waals surface area (Å²) in [6, 6.07) is 8.47. The summed E-state index contributed by atoms with van der Waals surface area (Å²) < 4.78 is 10.6. The van der Waals surface area contributed by atoms with E-state index < -0.39 is 0 Å². The van der Waals surface area contributed by atoms with Gasteiger partial charge >= 0.3 is 0 Å². The molecule has 0 bridgehead atoms. The first kappa shape index (κ1) is 18.9. The summed E-state index contributed by atoms with van der Waals surface area (Å²) in [5.41, 5.74) is 1.40. The Morgan fingerprint density at radius 2 is 1.92 bits per heavy atom. The molecule has 1 aliphatic heterocycles. The van der Waals surface area contributed by atoms with Gasteiger partial charge < -0.3 is 9.26 Å². The number of likely N-dealkylation sites (tertiary alicyclic amines) is 1. The Morgan fingerprint density at radius 1 is 1.15 bits per heavy atom. The molecule has 1 aromatic carbocycles. The maximum atomic E-state index is 5.40. The van der Waals surface area contributed by atoms with Crippen LogP contribution in [-0.4, -0.2) is 35.2 Å². The van der Waals surface area contributed by atoms with Gasteiger partial charge in [0.05, 0.1) is 13.7 Å². The Labute approximate surface area is 156 Å². The summed E-state index contributed by atoms with van der Waals surface area (Å²) in [6.07, 6.45) is 8.14. The van der Waals surface area contributed by atoms with Gasteiger partial charge in [0.2, 0.25) is 5.89 Å². The topological polar surface area (TPSA) is 51.4 Å². The van der Waals surface area contributed by atoms with E-state index in [0.717, 1.165) is 68.7 Å². The van der Waals surface area contributed by atoms with Crippen molar-refractivity contribution in [3.8, 4) is 5.75 Å². The van der Waals surface area contributed by atoms with Crippen LogP contribution in [-0.2, 0) is 19.4 Å². The fourth-order valence-electron chi connectivity index (χ4n) is 3.58. The van der Waals surface area contributed by atoms with Gasteiger partial charge in [0.1, 0.15) is 5.75 Å².